The van der Waals surface area contributed by atoms with Crippen LogP contribution in [0.15, 0.2) is 12.4 Å². The second-order valence-corrected chi connectivity index (χ2v) is 4.55. The molecule has 0 aliphatic rings. The van der Waals surface area contributed by atoms with Crippen LogP contribution in [0.5, 0.6) is 0 Å². The number of urea groups is 1. The van der Waals surface area contributed by atoms with Crippen LogP contribution in [0.25, 0.3) is 0 Å². The van der Waals surface area contributed by atoms with Crippen molar-refractivity contribution in [1.82, 2.24) is 20.4 Å². The van der Waals surface area contributed by atoms with Crippen LogP contribution in [0.2, 0.25) is 0 Å². The van der Waals surface area contributed by atoms with Gasteiger partial charge < -0.3 is 15.7 Å². The van der Waals surface area contributed by atoms with E-state index < -0.39 is 18.0 Å². The molecule has 1 rings (SSSR count). The first-order valence-electron chi connectivity index (χ1n) is 6.18. The molecular formula is C12H20N4O3. The molecule has 19 heavy (non-hydrogen) atoms. The summed E-state index contributed by atoms with van der Waals surface area (Å²) in [6.07, 6.45) is 4.10. The lowest BCUT2D eigenvalue weighted by molar-refractivity contribution is -0.140. The Labute approximate surface area is 112 Å². The van der Waals surface area contributed by atoms with Crippen molar-refractivity contribution >= 4 is 12.0 Å². The molecule has 1 aromatic heterocycles. The highest BCUT2D eigenvalue weighted by Crippen LogP contribution is 2.07. The zero-order chi connectivity index (χ0) is 14.4. The van der Waals surface area contributed by atoms with Crippen LogP contribution in [0.3, 0.4) is 0 Å². The minimum atomic E-state index is -1.02. The van der Waals surface area contributed by atoms with Crippen molar-refractivity contribution in [2.45, 2.75) is 32.9 Å². The van der Waals surface area contributed by atoms with Crippen molar-refractivity contribution < 1.29 is 14.7 Å². The third-order valence-corrected chi connectivity index (χ3v) is 2.98. The van der Waals surface area contributed by atoms with Crippen molar-refractivity contribution in [3.63, 3.8) is 0 Å². The molecule has 0 aliphatic carbocycles. The number of carboxylic acids is 1. The summed E-state index contributed by atoms with van der Waals surface area (Å²) in [6, 6.07) is -1.37. The minimum absolute atomic E-state index is 0.123. The van der Waals surface area contributed by atoms with Crippen LogP contribution >= 0.6 is 0 Å². The van der Waals surface area contributed by atoms with Gasteiger partial charge in [0.15, 0.2) is 0 Å². The first-order valence-corrected chi connectivity index (χ1v) is 6.18. The van der Waals surface area contributed by atoms with Crippen LogP contribution in [0, 0.1) is 5.92 Å². The average molecular weight is 268 g/mol. The number of hydrogen-bond donors (Lipinski definition) is 3. The molecule has 0 fully saturated rings. The summed E-state index contributed by atoms with van der Waals surface area (Å²) in [7, 11) is 1.78. The summed E-state index contributed by atoms with van der Waals surface area (Å²) < 4.78 is 1.63. The second kappa shape index (κ2) is 6.77. The van der Waals surface area contributed by atoms with Gasteiger partial charge in [0.1, 0.15) is 6.04 Å². The van der Waals surface area contributed by atoms with Gasteiger partial charge in [-0.05, 0) is 5.92 Å². The maximum absolute atomic E-state index is 11.6. The summed E-state index contributed by atoms with van der Waals surface area (Å²) >= 11 is 0. The highest BCUT2D eigenvalue weighted by Gasteiger charge is 2.25. The van der Waals surface area contributed by atoms with E-state index in [1.807, 2.05) is 6.92 Å². The molecule has 0 spiro atoms. The van der Waals surface area contributed by atoms with Gasteiger partial charge in [-0.2, -0.15) is 5.10 Å². The smallest absolute Gasteiger partial charge is 0.326 e. The molecular weight excluding hydrogens is 248 g/mol. The van der Waals surface area contributed by atoms with Crippen LogP contribution in [-0.2, 0) is 18.4 Å². The quantitative estimate of drug-likeness (QED) is 0.708. The van der Waals surface area contributed by atoms with Crippen LogP contribution < -0.4 is 10.6 Å². The van der Waals surface area contributed by atoms with E-state index in [0.717, 1.165) is 5.56 Å². The number of amides is 2. The van der Waals surface area contributed by atoms with Crippen molar-refractivity contribution in [1.29, 1.82) is 0 Å². The van der Waals surface area contributed by atoms with Crippen LogP contribution in [0.4, 0.5) is 4.79 Å². The Balaban J connectivity index is 2.46. The maximum atomic E-state index is 11.6. The number of carbonyl (C=O) groups excluding carboxylic acids is 1. The minimum Gasteiger partial charge on any atom is -0.480 e. The van der Waals surface area contributed by atoms with Crippen molar-refractivity contribution in [3.8, 4) is 0 Å². The Kier molecular flexibility index (Phi) is 5.35. The monoisotopic (exact) mass is 268 g/mol. The molecule has 106 valence electrons. The number of aliphatic carboxylic acids is 1. The lowest BCUT2D eigenvalue weighted by Crippen LogP contribution is -2.48. The molecule has 2 atom stereocenters. The van der Waals surface area contributed by atoms with E-state index in [9.17, 15) is 9.59 Å². The lowest BCUT2D eigenvalue weighted by atomic mass is 9.99. The zero-order valence-electron chi connectivity index (χ0n) is 11.4. The van der Waals surface area contributed by atoms with Gasteiger partial charge in [-0.1, -0.05) is 20.3 Å². The Morgan fingerprint density at radius 3 is 2.68 bits per heavy atom. The fraction of sp³-hybridized carbons (Fsp3) is 0.583. The van der Waals surface area contributed by atoms with Gasteiger partial charge in [0.05, 0.1) is 6.20 Å². The molecule has 3 N–H and O–H groups in total. The molecule has 7 nitrogen and oxygen atoms in total. The molecule has 1 aromatic rings. The van der Waals surface area contributed by atoms with Crippen molar-refractivity contribution in [2.75, 3.05) is 0 Å². The molecule has 7 heteroatoms. The number of nitrogens with one attached hydrogen (secondary N) is 2. The van der Waals surface area contributed by atoms with Gasteiger partial charge >= 0.3 is 12.0 Å². The molecule has 0 saturated heterocycles. The summed E-state index contributed by atoms with van der Waals surface area (Å²) in [5.74, 6) is -1.15. The van der Waals surface area contributed by atoms with E-state index in [-0.39, 0.29) is 5.92 Å². The Hall–Kier alpha value is -2.05. The Morgan fingerprint density at radius 2 is 2.21 bits per heavy atom. The highest BCUT2D eigenvalue weighted by molar-refractivity contribution is 5.82. The van der Waals surface area contributed by atoms with E-state index in [2.05, 4.69) is 15.7 Å². The molecule has 2 amide bonds. The average Bonchev–Trinajstić information content (AvgIpc) is 2.78. The molecule has 0 radical (unpaired) electrons. The highest BCUT2D eigenvalue weighted by atomic mass is 16.4. The topological polar surface area (TPSA) is 96.3 Å². The number of carbonyl (C=O) groups is 2. The van der Waals surface area contributed by atoms with E-state index in [1.165, 1.54) is 0 Å². The first-order chi connectivity index (χ1) is 8.93. The number of aryl methyl sites for hydroxylation is 1. The van der Waals surface area contributed by atoms with Gasteiger partial charge in [-0.15, -0.1) is 0 Å². The van der Waals surface area contributed by atoms with E-state index in [1.54, 1.807) is 31.0 Å². The summed E-state index contributed by atoms with van der Waals surface area (Å²) in [5.41, 5.74) is 0.855. The second-order valence-electron chi connectivity index (χ2n) is 4.55. The SMILES string of the molecule is CCC(C)C(NC(=O)NCc1cnn(C)c1)C(=O)O. The third-order valence-electron chi connectivity index (χ3n) is 2.98. The van der Waals surface area contributed by atoms with Gasteiger partial charge in [0.2, 0.25) is 0 Å². The normalized spacial score (nSPS) is 13.6. The third kappa shape index (κ3) is 4.61. The zero-order valence-corrected chi connectivity index (χ0v) is 11.4. The fourth-order valence-corrected chi connectivity index (χ4v) is 1.62. The van der Waals surface area contributed by atoms with E-state index >= 15 is 0 Å². The van der Waals surface area contributed by atoms with Crippen LogP contribution in [0.1, 0.15) is 25.8 Å². The summed E-state index contributed by atoms with van der Waals surface area (Å²) in [6.45, 7) is 3.99. The van der Waals surface area contributed by atoms with Gasteiger partial charge in [0, 0.05) is 25.4 Å². The van der Waals surface area contributed by atoms with Crippen molar-refractivity contribution in [2.24, 2.45) is 13.0 Å². The number of carboxylic acid groups (broad SMARTS) is 1. The molecule has 0 saturated carbocycles. The van der Waals surface area contributed by atoms with Gasteiger partial charge in [0.25, 0.3) is 0 Å². The Bertz CT molecular complexity index is 444. The molecule has 0 bridgehead atoms. The number of rotatable bonds is 6. The molecule has 0 aliphatic heterocycles. The number of nitrogens with zero attached hydrogens (tertiary/aromatic N) is 2. The molecule has 0 aromatic carbocycles. The summed E-state index contributed by atoms with van der Waals surface area (Å²) in [4.78, 5) is 22.7. The lowest BCUT2D eigenvalue weighted by Gasteiger charge is -2.20. The predicted octanol–water partition coefficient (Wildman–Crippen LogP) is 0.719. The standard InChI is InChI=1S/C12H20N4O3/c1-4-8(2)10(11(17)18)15-12(19)13-5-9-6-14-16(3)7-9/h6-8,10H,4-5H2,1-3H3,(H,17,18)(H2,13,15,19). The van der Waals surface area contributed by atoms with E-state index in [0.29, 0.717) is 13.0 Å². The predicted molar refractivity (Wildman–Crippen MR) is 69.5 cm³/mol. The van der Waals surface area contributed by atoms with Crippen LogP contribution in [-0.4, -0.2) is 32.9 Å². The van der Waals surface area contributed by atoms with Gasteiger partial charge in [-0.25, -0.2) is 9.59 Å². The largest absolute Gasteiger partial charge is 0.480 e. The molecule has 2 unspecified atom stereocenters. The van der Waals surface area contributed by atoms with Gasteiger partial charge in [-0.3, -0.25) is 4.68 Å². The number of aromatic nitrogens is 2. The summed E-state index contributed by atoms with van der Waals surface area (Å²) in [5, 5.41) is 18.1. The number of hydrogen-bond acceptors (Lipinski definition) is 3. The Morgan fingerprint density at radius 1 is 1.53 bits per heavy atom. The van der Waals surface area contributed by atoms with E-state index in [4.69, 9.17) is 5.11 Å². The molecule has 1 heterocycles. The fourth-order valence-electron chi connectivity index (χ4n) is 1.62. The van der Waals surface area contributed by atoms with Crippen molar-refractivity contribution in [3.05, 3.63) is 18.0 Å². The first kappa shape index (κ1) is 15.0. The maximum Gasteiger partial charge on any atom is 0.326 e.